The number of carbonyl (C=O) groups excluding carboxylic acids is 2. The second kappa shape index (κ2) is 9.96. The lowest BCUT2D eigenvalue weighted by atomic mass is 10.2. The molecule has 0 radical (unpaired) electrons. The van der Waals surface area contributed by atoms with Gasteiger partial charge in [0.15, 0.2) is 0 Å². The van der Waals surface area contributed by atoms with Crippen molar-refractivity contribution in [1.82, 2.24) is 4.90 Å². The molecule has 1 heterocycles. The number of halogens is 3. The predicted molar refractivity (Wildman–Crippen MR) is 126 cm³/mol. The van der Waals surface area contributed by atoms with E-state index in [0.717, 1.165) is 5.56 Å². The Labute approximate surface area is 193 Å². The van der Waals surface area contributed by atoms with Gasteiger partial charge < -0.3 is 5.32 Å². The zero-order valence-electron chi connectivity index (χ0n) is 15.0. The summed E-state index contributed by atoms with van der Waals surface area (Å²) in [5.41, 5.74) is 1.21. The van der Waals surface area contributed by atoms with Crippen LogP contribution in [0.15, 0.2) is 47.4 Å². The fourth-order valence-electron chi connectivity index (χ4n) is 2.64. The maximum atomic E-state index is 12.7. The van der Waals surface area contributed by atoms with Crippen LogP contribution in [0, 0.1) is 0 Å². The normalized spacial score (nSPS) is 15.3. The van der Waals surface area contributed by atoms with Crippen LogP contribution in [0.1, 0.15) is 18.4 Å². The van der Waals surface area contributed by atoms with Gasteiger partial charge in [-0.15, -0.1) is 0 Å². The minimum Gasteiger partial charge on any atom is -0.325 e. The number of thiocarbonyl (C=S) groups is 1. The first-order chi connectivity index (χ1) is 13.9. The first-order valence-corrected chi connectivity index (χ1v) is 11.0. The van der Waals surface area contributed by atoms with Crippen LogP contribution in [0.4, 0.5) is 5.69 Å². The van der Waals surface area contributed by atoms with Gasteiger partial charge in [0.25, 0.3) is 5.91 Å². The van der Waals surface area contributed by atoms with Crippen molar-refractivity contribution in [3.05, 3.63) is 68.0 Å². The Bertz CT molecular complexity index is 1010. The largest absolute Gasteiger partial charge is 0.325 e. The van der Waals surface area contributed by atoms with E-state index in [0.29, 0.717) is 42.9 Å². The zero-order chi connectivity index (χ0) is 21.0. The molecule has 0 unspecified atom stereocenters. The summed E-state index contributed by atoms with van der Waals surface area (Å²) in [6, 6.07) is 12.3. The van der Waals surface area contributed by atoms with Crippen molar-refractivity contribution in [1.29, 1.82) is 0 Å². The van der Waals surface area contributed by atoms with E-state index in [1.165, 1.54) is 16.7 Å². The van der Waals surface area contributed by atoms with E-state index in [-0.39, 0.29) is 18.2 Å². The van der Waals surface area contributed by atoms with Crippen molar-refractivity contribution < 1.29 is 9.59 Å². The number of amides is 2. The summed E-state index contributed by atoms with van der Waals surface area (Å²) in [5, 5.41) is 3.95. The summed E-state index contributed by atoms with van der Waals surface area (Å²) in [6.45, 7) is 0.348. The monoisotopic (exact) mass is 484 g/mol. The number of rotatable bonds is 6. The molecule has 1 saturated heterocycles. The van der Waals surface area contributed by atoms with Gasteiger partial charge in [0.2, 0.25) is 5.91 Å². The Morgan fingerprint density at radius 2 is 1.83 bits per heavy atom. The highest BCUT2D eigenvalue weighted by molar-refractivity contribution is 8.26. The van der Waals surface area contributed by atoms with Crippen molar-refractivity contribution in [2.24, 2.45) is 0 Å². The number of thioether (sulfide) groups is 1. The van der Waals surface area contributed by atoms with Gasteiger partial charge in [-0.3, -0.25) is 14.5 Å². The first kappa shape index (κ1) is 22.1. The maximum Gasteiger partial charge on any atom is 0.266 e. The third-order valence-electron chi connectivity index (χ3n) is 4.08. The second-order valence-corrected chi connectivity index (χ2v) is 8.98. The fourth-order valence-corrected chi connectivity index (χ4v) is 4.47. The molecule has 4 nitrogen and oxygen atoms in total. The zero-order valence-corrected chi connectivity index (χ0v) is 18.9. The van der Waals surface area contributed by atoms with E-state index < -0.39 is 0 Å². The number of anilines is 1. The molecule has 29 heavy (non-hydrogen) atoms. The van der Waals surface area contributed by atoms with E-state index >= 15 is 0 Å². The van der Waals surface area contributed by atoms with Crippen LogP contribution in [0.3, 0.4) is 0 Å². The summed E-state index contributed by atoms with van der Waals surface area (Å²) in [5.74, 6) is -0.399. The van der Waals surface area contributed by atoms with Gasteiger partial charge in [0.05, 0.1) is 20.6 Å². The first-order valence-electron chi connectivity index (χ1n) is 8.60. The lowest BCUT2D eigenvalue weighted by Gasteiger charge is -2.14. The van der Waals surface area contributed by atoms with Gasteiger partial charge in [-0.05, 0) is 36.3 Å². The molecule has 0 saturated carbocycles. The van der Waals surface area contributed by atoms with E-state index in [1.54, 1.807) is 30.3 Å². The Morgan fingerprint density at radius 3 is 2.59 bits per heavy atom. The van der Waals surface area contributed by atoms with Crippen LogP contribution < -0.4 is 5.32 Å². The van der Waals surface area contributed by atoms with Gasteiger partial charge in [0, 0.05) is 18.0 Å². The molecule has 150 valence electrons. The maximum absolute atomic E-state index is 12.7. The number of nitrogens with zero attached hydrogens (tertiary/aromatic N) is 1. The summed E-state index contributed by atoms with van der Waals surface area (Å²) in [4.78, 5) is 26.8. The standard InChI is InChI=1S/C20H15Cl3N2O2S2/c21-13-6-2-1-5-12(13)11-16-19(27)25(20(28)29-16)10-4-9-17(26)24-15-8-3-7-14(22)18(15)23/h1-3,5-8,11H,4,9-10H2,(H,24,26)/b16-11-. The van der Waals surface area contributed by atoms with E-state index in [9.17, 15) is 9.59 Å². The Morgan fingerprint density at radius 1 is 1.10 bits per heavy atom. The quantitative estimate of drug-likeness (QED) is 0.387. The molecule has 1 aliphatic heterocycles. The molecule has 2 aromatic carbocycles. The molecule has 0 bridgehead atoms. The molecule has 0 aliphatic carbocycles. The van der Waals surface area contributed by atoms with Crippen LogP contribution in [-0.4, -0.2) is 27.6 Å². The number of hydrogen-bond acceptors (Lipinski definition) is 4. The molecule has 9 heteroatoms. The Kier molecular flexibility index (Phi) is 7.60. The highest BCUT2D eigenvalue weighted by atomic mass is 35.5. The van der Waals surface area contributed by atoms with Crippen LogP contribution in [0.2, 0.25) is 15.1 Å². The number of nitrogens with one attached hydrogen (secondary N) is 1. The molecule has 0 spiro atoms. The van der Waals surface area contributed by atoms with Gasteiger partial charge in [-0.1, -0.05) is 83.0 Å². The predicted octanol–water partition coefficient (Wildman–Crippen LogP) is 6.27. The summed E-state index contributed by atoms with van der Waals surface area (Å²) < 4.78 is 0.464. The summed E-state index contributed by atoms with van der Waals surface area (Å²) >= 11 is 24.7. The Balaban J connectivity index is 1.56. The Hall–Kier alpha value is -1.57. The average Bonchev–Trinajstić information content (AvgIpc) is 2.94. The van der Waals surface area contributed by atoms with Crippen molar-refractivity contribution in [3.63, 3.8) is 0 Å². The minimum atomic E-state index is -0.216. The van der Waals surface area contributed by atoms with Gasteiger partial charge in [0.1, 0.15) is 4.32 Å². The molecule has 0 atom stereocenters. The van der Waals surface area contributed by atoms with Crippen LogP contribution >= 0.6 is 58.8 Å². The smallest absolute Gasteiger partial charge is 0.266 e. The highest BCUT2D eigenvalue weighted by Gasteiger charge is 2.31. The minimum absolute atomic E-state index is 0.182. The van der Waals surface area contributed by atoms with Gasteiger partial charge in [-0.2, -0.15) is 0 Å². The van der Waals surface area contributed by atoms with Crippen LogP contribution in [0.5, 0.6) is 0 Å². The molecule has 0 aromatic heterocycles. The molecule has 2 amide bonds. The van der Waals surface area contributed by atoms with Gasteiger partial charge >= 0.3 is 0 Å². The topological polar surface area (TPSA) is 49.4 Å². The van der Waals surface area contributed by atoms with E-state index in [1.807, 2.05) is 18.2 Å². The highest BCUT2D eigenvalue weighted by Crippen LogP contribution is 2.34. The molecule has 3 rings (SSSR count). The second-order valence-electron chi connectivity index (χ2n) is 6.11. The van der Waals surface area contributed by atoms with E-state index in [2.05, 4.69) is 5.32 Å². The third-order valence-corrected chi connectivity index (χ3v) is 6.62. The summed E-state index contributed by atoms with van der Waals surface area (Å²) in [6.07, 6.45) is 2.40. The lowest BCUT2D eigenvalue weighted by molar-refractivity contribution is -0.122. The third kappa shape index (κ3) is 5.53. The van der Waals surface area contributed by atoms with Crippen molar-refractivity contribution in [3.8, 4) is 0 Å². The van der Waals surface area contributed by atoms with Crippen molar-refractivity contribution in [2.45, 2.75) is 12.8 Å². The average molecular weight is 486 g/mol. The molecule has 1 fully saturated rings. The summed E-state index contributed by atoms with van der Waals surface area (Å²) in [7, 11) is 0. The molecule has 1 aliphatic rings. The van der Waals surface area contributed by atoms with E-state index in [4.69, 9.17) is 47.0 Å². The number of hydrogen-bond donors (Lipinski definition) is 1. The molecule has 2 aromatic rings. The number of carbonyl (C=O) groups is 2. The van der Waals surface area contributed by atoms with Crippen molar-refractivity contribution >= 4 is 86.7 Å². The lowest BCUT2D eigenvalue weighted by Crippen LogP contribution is -2.29. The fraction of sp³-hybridized carbons (Fsp3) is 0.150. The van der Waals surface area contributed by atoms with Crippen LogP contribution in [0.25, 0.3) is 6.08 Å². The molecule has 1 N–H and O–H groups in total. The van der Waals surface area contributed by atoms with Gasteiger partial charge in [-0.25, -0.2) is 0 Å². The van der Waals surface area contributed by atoms with Crippen LogP contribution in [-0.2, 0) is 9.59 Å². The number of benzene rings is 2. The molecular weight excluding hydrogens is 471 g/mol. The van der Waals surface area contributed by atoms with Crippen molar-refractivity contribution in [2.75, 3.05) is 11.9 Å². The molecular formula is C20H15Cl3N2O2S2. The SMILES string of the molecule is O=C(CCCN1C(=O)/C(=C/c2ccccc2Cl)SC1=S)Nc1cccc(Cl)c1Cl.